The zero-order valence-electron chi connectivity index (χ0n) is 30.3. The fraction of sp³-hybridized carbons (Fsp3) is 0.143. The Hall–Kier alpha value is -5.86. The van der Waals surface area contributed by atoms with Crippen molar-refractivity contribution in [3.05, 3.63) is 190 Å². The van der Waals surface area contributed by atoms with Crippen LogP contribution in [0.25, 0.3) is 35.6 Å². The van der Waals surface area contributed by atoms with Crippen LogP contribution in [0.5, 0.6) is 0 Å². The summed E-state index contributed by atoms with van der Waals surface area (Å²) < 4.78 is 0. The molecule has 252 valence electrons. The van der Waals surface area contributed by atoms with Crippen molar-refractivity contribution in [1.82, 2.24) is 0 Å². The summed E-state index contributed by atoms with van der Waals surface area (Å²) in [5.41, 5.74) is 13.4. The molecule has 0 radical (unpaired) electrons. The van der Waals surface area contributed by atoms with E-state index in [1.807, 2.05) is 6.07 Å². The first-order chi connectivity index (χ1) is 24.8. The van der Waals surface area contributed by atoms with E-state index in [0.29, 0.717) is 0 Å². The second-order valence-corrected chi connectivity index (χ2v) is 14.0. The van der Waals surface area contributed by atoms with E-state index in [0.717, 1.165) is 28.0 Å². The van der Waals surface area contributed by atoms with E-state index in [-0.39, 0.29) is 11.5 Å². The van der Waals surface area contributed by atoms with Crippen LogP contribution in [0.15, 0.2) is 158 Å². The summed E-state index contributed by atoms with van der Waals surface area (Å²) >= 11 is 0. The molecule has 0 saturated heterocycles. The summed E-state index contributed by atoms with van der Waals surface area (Å²) in [6.45, 7) is 15.5. The van der Waals surface area contributed by atoms with Crippen LogP contribution in [0.4, 0.5) is 22.7 Å². The maximum absolute atomic E-state index is 4.29. The summed E-state index contributed by atoms with van der Waals surface area (Å²) in [5, 5.41) is 2.20. The summed E-state index contributed by atoms with van der Waals surface area (Å²) in [6, 6.07) is 52.6. The number of anilines is 4. The molecule has 0 fully saturated rings. The molecule has 7 rings (SSSR count). The molecular weight excluding hydrogens is 617 g/mol. The zero-order chi connectivity index (χ0) is 35.5. The van der Waals surface area contributed by atoms with Crippen LogP contribution in [0.2, 0.25) is 0 Å². The van der Waals surface area contributed by atoms with Gasteiger partial charge in [-0.1, -0.05) is 142 Å². The van der Waals surface area contributed by atoms with Crippen molar-refractivity contribution >= 4 is 47.2 Å². The van der Waals surface area contributed by atoms with E-state index in [9.17, 15) is 0 Å². The van der Waals surface area contributed by atoms with E-state index in [4.69, 9.17) is 0 Å². The molecule has 1 aliphatic rings. The van der Waals surface area contributed by atoms with Gasteiger partial charge in [-0.3, -0.25) is 0 Å². The minimum Gasteiger partial charge on any atom is -0.338 e. The van der Waals surface area contributed by atoms with Gasteiger partial charge in [-0.15, -0.1) is 0 Å². The Morgan fingerprint density at radius 2 is 1.14 bits per heavy atom. The molecule has 0 amide bonds. The molecule has 6 aromatic rings. The van der Waals surface area contributed by atoms with Crippen molar-refractivity contribution in [3.63, 3.8) is 0 Å². The topological polar surface area (TPSA) is 6.48 Å². The maximum Gasteiger partial charge on any atom is 0.0490 e. The Morgan fingerprint density at radius 1 is 0.608 bits per heavy atom. The minimum atomic E-state index is -0.140. The van der Waals surface area contributed by atoms with E-state index in [1.54, 1.807) is 0 Å². The quantitative estimate of drug-likeness (QED) is 0.112. The minimum absolute atomic E-state index is 0.140. The van der Waals surface area contributed by atoms with Crippen molar-refractivity contribution in [3.8, 4) is 11.1 Å². The Kier molecular flexibility index (Phi) is 9.34. The highest BCUT2D eigenvalue weighted by molar-refractivity contribution is 5.87. The normalized spacial score (nSPS) is 14.3. The summed E-state index contributed by atoms with van der Waals surface area (Å²) in [6.07, 6.45) is 8.82. The van der Waals surface area contributed by atoms with Crippen molar-refractivity contribution < 1.29 is 0 Å². The van der Waals surface area contributed by atoms with Gasteiger partial charge in [-0.05, 0) is 108 Å². The van der Waals surface area contributed by atoms with Crippen molar-refractivity contribution in [1.29, 1.82) is 0 Å². The number of hydrogen-bond acceptors (Lipinski definition) is 2. The van der Waals surface area contributed by atoms with Crippen LogP contribution >= 0.6 is 0 Å². The second-order valence-electron chi connectivity index (χ2n) is 14.0. The Balaban J connectivity index is 1.17. The number of nitrogens with zero attached hydrogens (tertiary/aromatic N) is 2. The van der Waals surface area contributed by atoms with Gasteiger partial charge in [-0.25, -0.2) is 0 Å². The molecule has 2 nitrogen and oxygen atoms in total. The van der Waals surface area contributed by atoms with Crippen LogP contribution in [0.3, 0.4) is 0 Å². The van der Waals surface area contributed by atoms with E-state index >= 15 is 0 Å². The van der Waals surface area contributed by atoms with Crippen molar-refractivity contribution in [2.45, 2.75) is 46.1 Å². The zero-order valence-corrected chi connectivity index (χ0v) is 30.3. The molecule has 1 atom stereocenters. The van der Waals surface area contributed by atoms with Gasteiger partial charge in [0, 0.05) is 45.1 Å². The molecule has 1 aliphatic carbocycles. The van der Waals surface area contributed by atoms with Crippen molar-refractivity contribution in [2.75, 3.05) is 9.80 Å². The smallest absolute Gasteiger partial charge is 0.0490 e. The Labute approximate surface area is 303 Å². The molecule has 1 unspecified atom stereocenters. The number of fused-ring (bicyclic) bond motifs is 3. The molecule has 0 saturated carbocycles. The number of rotatable bonds is 9. The third-order valence-electron chi connectivity index (χ3n) is 10.3. The lowest BCUT2D eigenvalue weighted by molar-refractivity contribution is 0.660. The third-order valence-corrected chi connectivity index (χ3v) is 10.3. The molecule has 0 aliphatic heterocycles. The molecule has 6 aromatic carbocycles. The van der Waals surface area contributed by atoms with Gasteiger partial charge in [-0.2, -0.15) is 0 Å². The fourth-order valence-electron chi connectivity index (χ4n) is 7.63. The number of benzene rings is 6. The fourth-order valence-corrected chi connectivity index (χ4v) is 7.63. The molecule has 0 bridgehead atoms. The van der Waals surface area contributed by atoms with E-state index < -0.39 is 0 Å². The highest BCUT2D eigenvalue weighted by Crippen LogP contribution is 2.51. The lowest BCUT2D eigenvalue weighted by Crippen LogP contribution is -2.37. The van der Waals surface area contributed by atoms with Gasteiger partial charge < -0.3 is 9.80 Å². The molecule has 2 heteroatoms. The molecule has 0 heterocycles. The monoisotopic (exact) mass is 662 g/mol. The first-order valence-electron chi connectivity index (χ1n) is 17.9. The highest BCUT2D eigenvalue weighted by atomic mass is 15.2. The van der Waals surface area contributed by atoms with Crippen molar-refractivity contribution in [2.24, 2.45) is 0 Å². The molecule has 0 spiro atoms. The number of hydrogen-bond donors (Lipinski definition) is 0. The molecular formula is C49H46N2. The summed E-state index contributed by atoms with van der Waals surface area (Å²) in [7, 11) is 0. The van der Waals surface area contributed by atoms with Gasteiger partial charge in [0.15, 0.2) is 0 Å². The lowest BCUT2D eigenvalue weighted by Gasteiger charge is -2.31. The highest BCUT2D eigenvalue weighted by Gasteiger charge is 2.36. The van der Waals surface area contributed by atoms with E-state index in [2.05, 4.69) is 215 Å². The first kappa shape index (κ1) is 33.6. The van der Waals surface area contributed by atoms with Gasteiger partial charge in [0.05, 0.1) is 0 Å². The summed E-state index contributed by atoms with van der Waals surface area (Å²) in [5.74, 6) is 0. The molecule has 0 N–H and O–H groups in total. The lowest BCUT2D eigenvalue weighted by atomic mass is 9.81. The Morgan fingerprint density at radius 3 is 1.76 bits per heavy atom. The standard InChI is InChI=1S/C49H46N2/c1-7-16-36(3)50(37(4)44-22-15-14-17-35(44)2)42-28-25-38(26-29-42)23-24-39-27-31-45-46-32-30-43(34-48(46)49(5,6)47(45)33-39)51(40-18-10-8-11-19-40)41-20-12-9-13-21-41/h7-34,36H,2H2,1,3-6H3. The van der Waals surface area contributed by atoms with Gasteiger partial charge in [0.1, 0.15) is 0 Å². The van der Waals surface area contributed by atoms with E-state index in [1.165, 1.54) is 44.3 Å². The molecule has 51 heavy (non-hydrogen) atoms. The SMILES string of the molecule is C=c1ccccc1=C(C)N(c1ccc(C=Cc2ccc3c(c2)C(C)(C)c2cc(N(c4ccccc4)c4ccccc4)ccc2-3)cc1)C(C)C=CC. The average Bonchev–Trinajstić information content (AvgIpc) is 3.37. The summed E-state index contributed by atoms with van der Waals surface area (Å²) in [4.78, 5) is 4.74. The van der Waals surface area contributed by atoms with Crippen LogP contribution in [-0.2, 0) is 5.41 Å². The predicted octanol–water partition coefficient (Wildman–Crippen LogP) is 11.6. The van der Waals surface area contributed by atoms with Crippen LogP contribution < -0.4 is 20.2 Å². The van der Waals surface area contributed by atoms with Gasteiger partial charge >= 0.3 is 0 Å². The number of para-hydroxylation sites is 2. The van der Waals surface area contributed by atoms with Gasteiger partial charge in [0.25, 0.3) is 0 Å². The largest absolute Gasteiger partial charge is 0.338 e. The van der Waals surface area contributed by atoms with Gasteiger partial charge in [0.2, 0.25) is 0 Å². The Bertz CT molecular complexity index is 2290. The van der Waals surface area contributed by atoms with Crippen LogP contribution in [-0.4, -0.2) is 6.04 Å². The predicted molar refractivity (Wildman–Crippen MR) is 221 cm³/mol. The average molecular weight is 663 g/mol. The third kappa shape index (κ3) is 6.58. The first-order valence-corrected chi connectivity index (χ1v) is 17.9. The van der Waals surface area contributed by atoms with Crippen LogP contribution in [0, 0.1) is 0 Å². The second kappa shape index (κ2) is 14.2. The molecule has 0 aromatic heterocycles. The van der Waals surface area contributed by atoms with Crippen LogP contribution in [0.1, 0.15) is 56.9 Å². The maximum atomic E-state index is 4.29. The number of allylic oxidation sites excluding steroid dienone is 1.